The minimum atomic E-state index is -0.0943. The van der Waals surface area contributed by atoms with Crippen LogP contribution in [0.3, 0.4) is 0 Å². The Morgan fingerprint density at radius 1 is 1.42 bits per heavy atom. The van der Waals surface area contributed by atoms with E-state index in [0.29, 0.717) is 20.1 Å². The fourth-order valence-corrected chi connectivity index (χ4v) is 1.86. The number of benzene rings is 1. The standard InChI is InChI=1S/C8H5BrCl2O/c1-4(12)6-2-5(10)3-7(9)8(6)11/h2-3H,1H3. The first-order chi connectivity index (χ1) is 5.52. The highest BCUT2D eigenvalue weighted by molar-refractivity contribution is 9.10. The predicted octanol–water partition coefficient (Wildman–Crippen LogP) is 3.96. The molecule has 12 heavy (non-hydrogen) atoms. The number of rotatable bonds is 1. The zero-order chi connectivity index (χ0) is 9.30. The molecule has 0 atom stereocenters. The normalized spacial score (nSPS) is 10.0. The number of ketones is 1. The fourth-order valence-electron chi connectivity index (χ4n) is 0.812. The van der Waals surface area contributed by atoms with Gasteiger partial charge in [-0.3, -0.25) is 4.79 Å². The second-order valence-electron chi connectivity index (χ2n) is 2.31. The first-order valence-corrected chi connectivity index (χ1v) is 4.72. The number of hydrogen-bond acceptors (Lipinski definition) is 1. The summed E-state index contributed by atoms with van der Waals surface area (Å²) < 4.78 is 0.641. The summed E-state index contributed by atoms with van der Waals surface area (Å²) in [5.74, 6) is -0.0943. The molecule has 0 N–H and O–H groups in total. The highest BCUT2D eigenvalue weighted by Gasteiger charge is 2.09. The van der Waals surface area contributed by atoms with Crippen molar-refractivity contribution < 1.29 is 4.79 Å². The van der Waals surface area contributed by atoms with Gasteiger partial charge in [0.1, 0.15) is 0 Å². The van der Waals surface area contributed by atoms with E-state index in [1.165, 1.54) is 6.92 Å². The number of halogens is 3. The zero-order valence-corrected chi connectivity index (χ0v) is 9.29. The van der Waals surface area contributed by atoms with E-state index in [1.54, 1.807) is 12.1 Å². The van der Waals surface area contributed by atoms with Gasteiger partial charge in [0.25, 0.3) is 0 Å². The molecule has 64 valence electrons. The van der Waals surface area contributed by atoms with Crippen LogP contribution in [0.4, 0.5) is 0 Å². The van der Waals surface area contributed by atoms with Crippen LogP contribution in [-0.4, -0.2) is 5.78 Å². The monoisotopic (exact) mass is 266 g/mol. The van der Waals surface area contributed by atoms with Crippen molar-refractivity contribution in [1.82, 2.24) is 0 Å². The van der Waals surface area contributed by atoms with E-state index in [0.717, 1.165) is 0 Å². The van der Waals surface area contributed by atoms with Gasteiger partial charge < -0.3 is 0 Å². The van der Waals surface area contributed by atoms with Gasteiger partial charge in [0.15, 0.2) is 5.78 Å². The molecular formula is C8H5BrCl2O. The Labute approximate surface area is 88.8 Å². The molecule has 1 aromatic rings. The molecule has 1 rings (SSSR count). The van der Waals surface area contributed by atoms with Crippen molar-refractivity contribution in [3.63, 3.8) is 0 Å². The molecule has 0 fully saturated rings. The summed E-state index contributed by atoms with van der Waals surface area (Å²) in [7, 11) is 0. The SMILES string of the molecule is CC(=O)c1cc(Cl)cc(Br)c1Cl. The van der Waals surface area contributed by atoms with Crippen LogP contribution >= 0.6 is 39.1 Å². The van der Waals surface area contributed by atoms with Crippen LogP contribution in [0, 0.1) is 0 Å². The Morgan fingerprint density at radius 3 is 2.50 bits per heavy atom. The molecule has 0 heterocycles. The molecule has 0 saturated heterocycles. The van der Waals surface area contributed by atoms with Gasteiger partial charge in [-0.15, -0.1) is 0 Å². The van der Waals surface area contributed by atoms with Gasteiger partial charge in [0, 0.05) is 15.1 Å². The van der Waals surface area contributed by atoms with Crippen LogP contribution in [0.2, 0.25) is 10.0 Å². The van der Waals surface area contributed by atoms with Gasteiger partial charge in [0.2, 0.25) is 0 Å². The van der Waals surface area contributed by atoms with Crippen molar-refractivity contribution in [2.45, 2.75) is 6.92 Å². The van der Waals surface area contributed by atoms with Gasteiger partial charge >= 0.3 is 0 Å². The smallest absolute Gasteiger partial charge is 0.161 e. The maximum Gasteiger partial charge on any atom is 0.161 e. The largest absolute Gasteiger partial charge is 0.294 e. The Kier molecular flexibility index (Phi) is 3.16. The lowest BCUT2D eigenvalue weighted by atomic mass is 10.1. The van der Waals surface area contributed by atoms with Crippen molar-refractivity contribution in [2.75, 3.05) is 0 Å². The predicted molar refractivity (Wildman–Crippen MR) is 54.2 cm³/mol. The number of hydrogen-bond donors (Lipinski definition) is 0. The Hall–Kier alpha value is -0.0500. The lowest BCUT2D eigenvalue weighted by molar-refractivity contribution is 0.101. The van der Waals surface area contributed by atoms with E-state index >= 15 is 0 Å². The molecule has 1 nitrogen and oxygen atoms in total. The van der Waals surface area contributed by atoms with Crippen molar-refractivity contribution in [1.29, 1.82) is 0 Å². The molecule has 0 radical (unpaired) electrons. The third-order valence-electron chi connectivity index (χ3n) is 1.37. The Balaban J connectivity index is 3.37. The molecular weight excluding hydrogens is 263 g/mol. The van der Waals surface area contributed by atoms with Gasteiger partial charge in [-0.1, -0.05) is 23.2 Å². The third-order valence-corrected chi connectivity index (χ3v) is 2.85. The first kappa shape index (κ1) is 10.0. The highest BCUT2D eigenvalue weighted by Crippen LogP contribution is 2.30. The van der Waals surface area contributed by atoms with Crippen LogP contribution in [0.5, 0.6) is 0 Å². The maximum absolute atomic E-state index is 11.0. The maximum atomic E-state index is 11.0. The molecule has 0 aliphatic rings. The minimum Gasteiger partial charge on any atom is -0.294 e. The number of carbonyl (C=O) groups is 1. The van der Waals surface area contributed by atoms with Crippen LogP contribution in [0.25, 0.3) is 0 Å². The topological polar surface area (TPSA) is 17.1 Å². The van der Waals surface area contributed by atoms with Crippen LogP contribution in [0.15, 0.2) is 16.6 Å². The summed E-state index contributed by atoms with van der Waals surface area (Å²) in [6.07, 6.45) is 0. The zero-order valence-electron chi connectivity index (χ0n) is 6.20. The summed E-state index contributed by atoms with van der Waals surface area (Å²) in [6.45, 7) is 1.45. The third kappa shape index (κ3) is 2.00. The lowest BCUT2D eigenvalue weighted by Gasteiger charge is -2.02. The Morgan fingerprint density at radius 2 is 2.00 bits per heavy atom. The second kappa shape index (κ2) is 3.77. The molecule has 0 aliphatic carbocycles. The van der Waals surface area contributed by atoms with Gasteiger partial charge in [-0.05, 0) is 35.0 Å². The summed E-state index contributed by atoms with van der Waals surface area (Å²) in [4.78, 5) is 11.0. The van der Waals surface area contributed by atoms with Crippen LogP contribution in [-0.2, 0) is 0 Å². The van der Waals surface area contributed by atoms with E-state index in [9.17, 15) is 4.79 Å². The molecule has 0 aromatic heterocycles. The molecule has 0 bridgehead atoms. The van der Waals surface area contributed by atoms with Crippen LogP contribution in [0.1, 0.15) is 17.3 Å². The fraction of sp³-hybridized carbons (Fsp3) is 0.125. The highest BCUT2D eigenvalue weighted by atomic mass is 79.9. The van der Waals surface area contributed by atoms with Gasteiger partial charge in [0.05, 0.1) is 5.02 Å². The van der Waals surface area contributed by atoms with Gasteiger partial charge in [-0.2, -0.15) is 0 Å². The minimum absolute atomic E-state index is 0.0943. The summed E-state index contributed by atoms with van der Waals surface area (Å²) in [5.41, 5.74) is 0.441. The van der Waals surface area contributed by atoms with Crippen LogP contribution < -0.4 is 0 Å². The van der Waals surface area contributed by atoms with Gasteiger partial charge in [-0.25, -0.2) is 0 Å². The lowest BCUT2D eigenvalue weighted by Crippen LogP contribution is -1.93. The quantitative estimate of drug-likeness (QED) is 0.556. The second-order valence-corrected chi connectivity index (χ2v) is 3.97. The van der Waals surface area contributed by atoms with E-state index in [2.05, 4.69) is 15.9 Å². The van der Waals surface area contributed by atoms with Crippen molar-refractivity contribution in [3.8, 4) is 0 Å². The van der Waals surface area contributed by atoms with E-state index < -0.39 is 0 Å². The average Bonchev–Trinajstić information content (AvgIpc) is 1.96. The first-order valence-electron chi connectivity index (χ1n) is 3.18. The molecule has 0 spiro atoms. The van der Waals surface area contributed by atoms with E-state index in [-0.39, 0.29) is 5.78 Å². The molecule has 4 heteroatoms. The van der Waals surface area contributed by atoms with Crippen molar-refractivity contribution in [3.05, 3.63) is 32.2 Å². The molecule has 0 amide bonds. The number of Topliss-reactive ketones (excluding diaryl/α,β-unsaturated/α-hetero) is 1. The average molecular weight is 268 g/mol. The summed E-state index contributed by atoms with van der Waals surface area (Å²) in [5, 5.41) is 0.906. The molecule has 0 aliphatic heterocycles. The van der Waals surface area contributed by atoms with E-state index in [1.807, 2.05) is 0 Å². The van der Waals surface area contributed by atoms with E-state index in [4.69, 9.17) is 23.2 Å². The number of carbonyl (C=O) groups excluding carboxylic acids is 1. The van der Waals surface area contributed by atoms with Crippen molar-refractivity contribution in [2.24, 2.45) is 0 Å². The molecule has 0 unspecified atom stereocenters. The molecule has 1 aromatic carbocycles. The Bertz CT molecular complexity index is 336. The summed E-state index contributed by atoms with van der Waals surface area (Å²) >= 11 is 14.8. The van der Waals surface area contributed by atoms with Crippen molar-refractivity contribution >= 4 is 44.9 Å². The summed E-state index contributed by atoms with van der Waals surface area (Å²) in [6, 6.07) is 3.20. The molecule has 0 saturated carbocycles.